The average molecular weight is 439 g/mol. The Bertz CT molecular complexity index is 1290. The molecule has 0 bridgehead atoms. The van der Waals surface area contributed by atoms with Crippen molar-refractivity contribution < 1.29 is 0 Å². The van der Waals surface area contributed by atoms with Crippen LogP contribution in [0.25, 0.3) is 16.9 Å². The number of nitrogens with one attached hydrogen (secondary N) is 2. The third-order valence-electron chi connectivity index (χ3n) is 5.14. The molecular formula is C25H22N6S. The Hall–Kier alpha value is -3.97. The highest BCUT2D eigenvalue weighted by atomic mass is 32.1. The van der Waals surface area contributed by atoms with Gasteiger partial charge < -0.3 is 15.2 Å². The zero-order chi connectivity index (χ0) is 21.8. The molecule has 2 aromatic carbocycles. The number of rotatable bonds is 7. The van der Waals surface area contributed by atoms with Crippen LogP contribution in [0, 0.1) is 6.92 Å². The minimum absolute atomic E-state index is 0.697. The SMILES string of the molecule is Cc1cc(NCc2ccccn2)ccc1Nc1nc(-c2ccc(-n3ccnc3)cc2)cs1. The molecule has 0 spiro atoms. The van der Waals surface area contributed by atoms with Gasteiger partial charge in [-0.25, -0.2) is 9.97 Å². The maximum atomic E-state index is 4.77. The number of thiazole rings is 1. The zero-order valence-corrected chi connectivity index (χ0v) is 18.4. The predicted molar refractivity (Wildman–Crippen MR) is 131 cm³/mol. The van der Waals surface area contributed by atoms with Crippen LogP contribution in [-0.2, 0) is 6.54 Å². The molecule has 0 unspecified atom stereocenters. The summed E-state index contributed by atoms with van der Waals surface area (Å²) >= 11 is 1.60. The predicted octanol–water partition coefficient (Wildman–Crippen LogP) is 6.05. The van der Waals surface area contributed by atoms with Crippen LogP contribution in [0.5, 0.6) is 0 Å². The first kappa shape index (κ1) is 20.0. The smallest absolute Gasteiger partial charge is 0.187 e. The Morgan fingerprint density at radius 2 is 1.91 bits per heavy atom. The van der Waals surface area contributed by atoms with Gasteiger partial charge >= 0.3 is 0 Å². The van der Waals surface area contributed by atoms with Crippen molar-refractivity contribution in [1.82, 2.24) is 19.5 Å². The molecule has 32 heavy (non-hydrogen) atoms. The van der Waals surface area contributed by atoms with Crippen molar-refractivity contribution in [2.75, 3.05) is 10.6 Å². The van der Waals surface area contributed by atoms with Gasteiger partial charge in [0.25, 0.3) is 0 Å². The van der Waals surface area contributed by atoms with Crippen molar-refractivity contribution in [3.63, 3.8) is 0 Å². The van der Waals surface area contributed by atoms with E-state index in [4.69, 9.17) is 4.98 Å². The lowest BCUT2D eigenvalue weighted by Gasteiger charge is -2.11. The van der Waals surface area contributed by atoms with E-state index in [0.29, 0.717) is 6.54 Å². The van der Waals surface area contributed by atoms with Gasteiger partial charge in [-0.1, -0.05) is 18.2 Å². The maximum absolute atomic E-state index is 4.77. The van der Waals surface area contributed by atoms with E-state index in [1.807, 2.05) is 35.2 Å². The molecule has 0 aliphatic rings. The van der Waals surface area contributed by atoms with Crippen molar-refractivity contribution in [3.05, 3.63) is 102 Å². The number of pyridine rings is 1. The zero-order valence-electron chi connectivity index (χ0n) is 17.6. The second kappa shape index (κ2) is 9.03. The first-order chi connectivity index (χ1) is 15.7. The van der Waals surface area contributed by atoms with Gasteiger partial charge in [0.2, 0.25) is 0 Å². The van der Waals surface area contributed by atoms with Gasteiger partial charge in [-0.3, -0.25) is 4.98 Å². The van der Waals surface area contributed by atoms with Crippen molar-refractivity contribution in [2.45, 2.75) is 13.5 Å². The molecule has 0 amide bonds. The fourth-order valence-corrected chi connectivity index (χ4v) is 4.14. The second-order valence-corrected chi connectivity index (χ2v) is 8.24. The summed E-state index contributed by atoms with van der Waals surface area (Å²) in [5.41, 5.74) is 7.40. The van der Waals surface area contributed by atoms with E-state index in [0.717, 1.165) is 44.7 Å². The molecule has 7 heteroatoms. The Balaban J connectivity index is 1.25. The van der Waals surface area contributed by atoms with Crippen LogP contribution < -0.4 is 10.6 Å². The van der Waals surface area contributed by atoms with Crippen LogP contribution in [0.1, 0.15) is 11.3 Å². The largest absolute Gasteiger partial charge is 0.379 e. The van der Waals surface area contributed by atoms with Gasteiger partial charge in [0, 0.05) is 46.6 Å². The molecular weight excluding hydrogens is 416 g/mol. The molecule has 0 aliphatic heterocycles. The van der Waals surface area contributed by atoms with E-state index in [-0.39, 0.29) is 0 Å². The quantitative estimate of drug-likeness (QED) is 0.323. The van der Waals surface area contributed by atoms with Crippen LogP contribution in [0.3, 0.4) is 0 Å². The van der Waals surface area contributed by atoms with Crippen molar-refractivity contribution in [1.29, 1.82) is 0 Å². The Kier molecular flexibility index (Phi) is 5.63. The first-order valence-electron chi connectivity index (χ1n) is 10.3. The summed E-state index contributed by atoms with van der Waals surface area (Å²) in [5.74, 6) is 0. The molecule has 5 aromatic rings. The third kappa shape index (κ3) is 4.53. The molecule has 2 N–H and O–H groups in total. The molecule has 158 valence electrons. The lowest BCUT2D eigenvalue weighted by atomic mass is 10.1. The summed E-state index contributed by atoms with van der Waals surface area (Å²) in [6.07, 6.45) is 7.31. The highest BCUT2D eigenvalue weighted by Crippen LogP contribution is 2.29. The van der Waals surface area contributed by atoms with Gasteiger partial charge in [0.1, 0.15) is 0 Å². The summed E-state index contributed by atoms with van der Waals surface area (Å²) in [6, 6.07) is 20.5. The van der Waals surface area contributed by atoms with Crippen LogP contribution in [0.2, 0.25) is 0 Å². The molecule has 0 saturated heterocycles. The van der Waals surface area contributed by atoms with Crippen LogP contribution >= 0.6 is 11.3 Å². The molecule has 0 aliphatic carbocycles. The standard InChI is InChI=1S/C25H22N6S/c1-18-14-20(28-15-21-4-2-3-11-27-21)7-10-23(18)29-25-30-24(16-32-25)19-5-8-22(9-6-19)31-13-12-26-17-31/h2-14,16-17,28H,15H2,1H3,(H,29,30). The van der Waals surface area contributed by atoms with Crippen LogP contribution in [0.15, 0.2) is 91.0 Å². The monoisotopic (exact) mass is 438 g/mol. The number of anilines is 3. The summed E-state index contributed by atoms with van der Waals surface area (Å²) in [5, 5.41) is 9.82. The molecule has 5 rings (SSSR count). The molecule has 0 radical (unpaired) electrons. The molecule has 0 saturated carbocycles. The van der Waals surface area contributed by atoms with Crippen molar-refractivity contribution >= 4 is 27.8 Å². The van der Waals surface area contributed by atoms with Gasteiger partial charge in [-0.15, -0.1) is 11.3 Å². The molecule has 6 nitrogen and oxygen atoms in total. The highest BCUT2D eigenvalue weighted by molar-refractivity contribution is 7.14. The minimum Gasteiger partial charge on any atom is -0.379 e. The number of hydrogen-bond donors (Lipinski definition) is 2. The fourth-order valence-electron chi connectivity index (χ4n) is 3.40. The van der Waals surface area contributed by atoms with E-state index in [1.54, 1.807) is 23.9 Å². The maximum Gasteiger partial charge on any atom is 0.187 e. The first-order valence-corrected chi connectivity index (χ1v) is 11.2. The average Bonchev–Trinajstić information content (AvgIpc) is 3.53. The Labute approximate surface area is 190 Å². The second-order valence-electron chi connectivity index (χ2n) is 7.38. The van der Waals surface area contributed by atoms with E-state index in [9.17, 15) is 0 Å². The molecule has 0 atom stereocenters. The molecule has 3 aromatic heterocycles. The topological polar surface area (TPSA) is 67.7 Å². The number of imidazole rings is 1. The van der Waals surface area contributed by atoms with Gasteiger partial charge in [-0.05, 0) is 55.0 Å². The summed E-state index contributed by atoms with van der Waals surface area (Å²) in [7, 11) is 0. The minimum atomic E-state index is 0.697. The summed E-state index contributed by atoms with van der Waals surface area (Å²) in [6.45, 7) is 2.79. The van der Waals surface area contributed by atoms with Crippen LogP contribution in [0.4, 0.5) is 16.5 Å². The number of aromatic nitrogens is 4. The summed E-state index contributed by atoms with van der Waals surface area (Å²) < 4.78 is 1.98. The van der Waals surface area contributed by atoms with Crippen molar-refractivity contribution in [3.8, 4) is 16.9 Å². The van der Waals surface area contributed by atoms with Crippen molar-refractivity contribution in [2.24, 2.45) is 0 Å². The van der Waals surface area contributed by atoms with E-state index >= 15 is 0 Å². The highest BCUT2D eigenvalue weighted by Gasteiger charge is 2.08. The Morgan fingerprint density at radius 1 is 1.00 bits per heavy atom. The number of benzene rings is 2. The van der Waals surface area contributed by atoms with Gasteiger partial charge in [0.05, 0.1) is 24.3 Å². The number of aryl methyl sites for hydroxylation is 1. The lowest BCUT2D eigenvalue weighted by Crippen LogP contribution is -2.02. The normalized spacial score (nSPS) is 10.8. The number of hydrogen-bond acceptors (Lipinski definition) is 6. The molecule has 0 fully saturated rings. The molecule has 3 heterocycles. The van der Waals surface area contributed by atoms with E-state index < -0.39 is 0 Å². The van der Waals surface area contributed by atoms with E-state index in [1.165, 1.54) is 0 Å². The van der Waals surface area contributed by atoms with Crippen LogP contribution in [-0.4, -0.2) is 19.5 Å². The van der Waals surface area contributed by atoms with Gasteiger partial charge in [0.15, 0.2) is 5.13 Å². The number of nitrogens with zero attached hydrogens (tertiary/aromatic N) is 4. The third-order valence-corrected chi connectivity index (χ3v) is 5.90. The lowest BCUT2D eigenvalue weighted by molar-refractivity contribution is 1.05. The Morgan fingerprint density at radius 3 is 2.66 bits per heavy atom. The van der Waals surface area contributed by atoms with Gasteiger partial charge in [-0.2, -0.15) is 0 Å². The fraction of sp³-hybridized carbons (Fsp3) is 0.0800. The summed E-state index contributed by atoms with van der Waals surface area (Å²) in [4.78, 5) is 13.2. The van der Waals surface area contributed by atoms with E-state index in [2.05, 4.69) is 75.4 Å².